The molecule has 0 aliphatic heterocycles. The van der Waals surface area contributed by atoms with E-state index in [4.69, 9.17) is 12.2 Å². The van der Waals surface area contributed by atoms with Crippen LogP contribution in [0.5, 0.6) is 0 Å². The molecule has 3 rings (SSSR count). The lowest BCUT2D eigenvalue weighted by atomic mass is 10.1. The van der Waals surface area contributed by atoms with Crippen LogP contribution in [0.3, 0.4) is 0 Å². The van der Waals surface area contributed by atoms with Crippen molar-refractivity contribution < 1.29 is 4.79 Å². The predicted octanol–water partition coefficient (Wildman–Crippen LogP) is 4.16. The van der Waals surface area contributed by atoms with E-state index in [1.54, 1.807) is 16.7 Å². The van der Waals surface area contributed by atoms with Crippen LogP contribution in [-0.2, 0) is 6.54 Å². The molecule has 0 N–H and O–H groups in total. The quantitative estimate of drug-likeness (QED) is 0.536. The van der Waals surface area contributed by atoms with Crippen molar-refractivity contribution in [3.05, 3.63) is 83.3 Å². The van der Waals surface area contributed by atoms with Crippen molar-refractivity contribution in [3.8, 4) is 11.3 Å². The van der Waals surface area contributed by atoms with Gasteiger partial charge >= 0.3 is 0 Å². The highest BCUT2D eigenvalue weighted by molar-refractivity contribution is 7.71. The molecule has 0 atom stereocenters. The zero-order valence-electron chi connectivity index (χ0n) is 11.8. The average molecular weight is 306 g/mol. The van der Waals surface area contributed by atoms with Crippen molar-refractivity contribution in [3.63, 3.8) is 0 Å². The smallest absolute Gasteiger partial charge is 0.200 e. The summed E-state index contributed by atoms with van der Waals surface area (Å²) >= 11 is 5.31. The van der Waals surface area contributed by atoms with Crippen molar-refractivity contribution in [1.82, 2.24) is 9.55 Å². The van der Waals surface area contributed by atoms with E-state index in [0.29, 0.717) is 10.3 Å². The third-order valence-electron chi connectivity index (χ3n) is 3.35. The number of ketones is 1. The van der Waals surface area contributed by atoms with Gasteiger partial charge in [0.1, 0.15) is 0 Å². The normalized spacial score (nSPS) is 10.4. The molecule has 0 saturated heterocycles. The van der Waals surface area contributed by atoms with Crippen LogP contribution in [0.15, 0.2) is 72.9 Å². The number of hydrogen-bond acceptors (Lipinski definition) is 3. The Kier molecular flexibility index (Phi) is 4.21. The summed E-state index contributed by atoms with van der Waals surface area (Å²) in [6.07, 6.45) is 1.82. The maximum absolute atomic E-state index is 12.2. The van der Waals surface area contributed by atoms with Crippen LogP contribution in [-0.4, -0.2) is 15.3 Å². The van der Waals surface area contributed by atoms with Gasteiger partial charge in [-0.3, -0.25) is 4.79 Å². The Balaban J connectivity index is 1.85. The van der Waals surface area contributed by atoms with Crippen molar-refractivity contribution in [1.29, 1.82) is 0 Å². The molecule has 0 spiro atoms. The van der Waals surface area contributed by atoms with Crippen LogP contribution < -0.4 is 0 Å². The average Bonchev–Trinajstić information content (AvgIpc) is 2.58. The number of rotatable bonds is 4. The van der Waals surface area contributed by atoms with E-state index in [2.05, 4.69) is 4.98 Å². The zero-order valence-corrected chi connectivity index (χ0v) is 12.7. The van der Waals surface area contributed by atoms with E-state index in [9.17, 15) is 4.79 Å². The molecule has 108 valence electrons. The number of carbonyl (C=O) groups is 1. The van der Waals surface area contributed by atoms with Crippen molar-refractivity contribution in [2.24, 2.45) is 0 Å². The van der Waals surface area contributed by atoms with Crippen LogP contribution in [0.25, 0.3) is 11.3 Å². The molecule has 3 nitrogen and oxygen atoms in total. The third kappa shape index (κ3) is 3.18. The summed E-state index contributed by atoms with van der Waals surface area (Å²) in [6.45, 7) is 0.199. The summed E-state index contributed by atoms with van der Waals surface area (Å²) in [5, 5.41) is 0. The van der Waals surface area contributed by atoms with Gasteiger partial charge in [0.15, 0.2) is 10.6 Å². The summed E-state index contributed by atoms with van der Waals surface area (Å²) in [4.78, 5) is 16.6. The van der Waals surface area contributed by atoms with Gasteiger partial charge in [0.25, 0.3) is 0 Å². The highest BCUT2D eigenvalue weighted by atomic mass is 32.1. The second-order valence-corrected chi connectivity index (χ2v) is 5.24. The molecule has 0 bridgehead atoms. The minimum absolute atomic E-state index is 0.0194. The molecular weight excluding hydrogens is 292 g/mol. The topological polar surface area (TPSA) is 34.9 Å². The number of carbonyl (C=O) groups excluding carboxylic acids is 1. The van der Waals surface area contributed by atoms with Gasteiger partial charge in [0.2, 0.25) is 0 Å². The van der Waals surface area contributed by atoms with Gasteiger partial charge in [-0.25, -0.2) is 4.98 Å². The van der Waals surface area contributed by atoms with Gasteiger partial charge in [-0.15, -0.1) is 0 Å². The fourth-order valence-electron chi connectivity index (χ4n) is 2.19. The Hall–Kier alpha value is -2.59. The SMILES string of the molecule is O=C(Cn1ccc(-c2ccccc2)nc1=S)c1ccccc1. The molecule has 0 unspecified atom stereocenters. The molecule has 4 heteroatoms. The molecule has 0 fully saturated rings. The first-order chi connectivity index (χ1) is 10.7. The van der Waals surface area contributed by atoms with Gasteiger partial charge in [0.05, 0.1) is 12.2 Å². The Bertz CT molecular complexity index is 842. The molecule has 22 heavy (non-hydrogen) atoms. The molecule has 0 aliphatic carbocycles. The monoisotopic (exact) mass is 306 g/mol. The van der Waals surface area contributed by atoms with Crippen molar-refractivity contribution in [2.75, 3.05) is 0 Å². The van der Waals surface area contributed by atoms with Gasteiger partial charge < -0.3 is 4.57 Å². The number of nitrogens with zero attached hydrogens (tertiary/aromatic N) is 2. The molecule has 1 heterocycles. The van der Waals surface area contributed by atoms with E-state index < -0.39 is 0 Å². The molecule has 2 aromatic carbocycles. The fraction of sp³-hybridized carbons (Fsp3) is 0.0556. The lowest BCUT2D eigenvalue weighted by Gasteiger charge is -2.07. The molecule has 1 aromatic heterocycles. The summed E-state index contributed by atoms with van der Waals surface area (Å²) in [5.74, 6) is 0.0194. The molecule has 0 amide bonds. The van der Waals surface area contributed by atoms with Crippen molar-refractivity contribution >= 4 is 18.0 Å². The van der Waals surface area contributed by atoms with Gasteiger partial charge in [-0.1, -0.05) is 60.7 Å². The predicted molar refractivity (Wildman–Crippen MR) is 89.3 cm³/mol. The first-order valence-corrected chi connectivity index (χ1v) is 7.36. The van der Waals surface area contributed by atoms with Crippen LogP contribution in [0.2, 0.25) is 0 Å². The molecule has 0 radical (unpaired) electrons. The van der Waals surface area contributed by atoms with Crippen molar-refractivity contribution in [2.45, 2.75) is 6.54 Å². The van der Waals surface area contributed by atoms with E-state index in [0.717, 1.165) is 11.3 Å². The summed E-state index contributed by atoms with van der Waals surface area (Å²) in [6, 6.07) is 20.9. The third-order valence-corrected chi connectivity index (χ3v) is 3.68. The first-order valence-electron chi connectivity index (χ1n) is 6.95. The Morgan fingerprint density at radius 2 is 1.59 bits per heavy atom. The van der Waals surface area contributed by atoms with Gasteiger partial charge in [-0.2, -0.15) is 0 Å². The highest BCUT2D eigenvalue weighted by Gasteiger charge is 2.07. The van der Waals surface area contributed by atoms with E-state index in [1.165, 1.54) is 0 Å². The lowest BCUT2D eigenvalue weighted by molar-refractivity contribution is 0.0971. The first kappa shape index (κ1) is 14.4. The van der Waals surface area contributed by atoms with Gasteiger partial charge in [-0.05, 0) is 18.3 Å². The highest BCUT2D eigenvalue weighted by Crippen LogP contribution is 2.15. The van der Waals surface area contributed by atoms with E-state index in [1.807, 2.05) is 60.8 Å². The van der Waals surface area contributed by atoms with Crippen LogP contribution in [0.4, 0.5) is 0 Å². The number of benzene rings is 2. The molecule has 3 aromatic rings. The molecule has 0 aliphatic rings. The lowest BCUT2D eigenvalue weighted by Crippen LogP contribution is -2.12. The second kappa shape index (κ2) is 6.45. The summed E-state index contributed by atoms with van der Waals surface area (Å²) < 4.78 is 2.10. The minimum atomic E-state index is 0.0194. The molecule has 0 saturated carbocycles. The Morgan fingerprint density at radius 1 is 0.955 bits per heavy atom. The maximum atomic E-state index is 12.2. The molecular formula is C18H14N2OS. The number of Topliss-reactive ketones (excluding diaryl/α,β-unsaturated/α-hetero) is 1. The summed E-state index contributed by atoms with van der Waals surface area (Å²) in [7, 11) is 0. The Morgan fingerprint density at radius 3 is 2.23 bits per heavy atom. The largest absolute Gasteiger partial charge is 0.316 e. The minimum Gasteiger partial charge on any atom is -0.316 e. The Labute approximate surface area is 133 Å². The van der Waals surface area contributed by atoms with Gasteiger partial charge in [0, 0.05) is 17.3 Å². The van der Waals surface area contributed by atoms with E-state index in [-0.39, 0.29) is 12.3 Å². The maximum Gasteiger partial charge on any atom is 0.200 e. The van der Waals surface area contributed by atoms with Crippen LogP contribution in [0, 0.1) is 4.77 Å². The standard InChI is InChI=1S/C18H14N2OS/c21-17(15-9-5-2-6-10-15)13-20-12-11-16(19-18(20)22)14-7-3-1-4-8-14/h1-12H,13H2. The second-order valence-electron chi connectivity index (χ2n) is 4.88. The fourth-order valence-corrected chi connectivity index (χ4v) is 2.41. The van der Waals surface area contributed by atoms with E-state index >= 15 is 0 Å². The zero-order chi connectivity index (χ0) is 15.4. The van der Waals surface area contributed by atoms with Crippen LogP contribution in [0.1, 0.15) is 10.4 Å². The number of hydrogen-bond donors (Lipinski definition) is 0. The number of aromatic nitrogens is 2. The summed E-state index contributed by atoms with van der Waals surface area (Å²) in [5.41, 5.74) is 2.50. The van der Waals surface area contributed by atoms with Crippen LogP contribution >= 0.6 is 12.2 Å².